The second-order valence-corrected chi connectivity index (χ2v) is 7.49. The number of hydrogen-bond acceptors (Lipinski definition) is 6. The van der Waals surface area contributed by atoms with Crippen LogP contribution in [0.1, 0.15) is 38.1 Å². The highest BCUT2D eigenvalue weighted by Gasteiger charge is 2.19. The van der Waals surface area contributed by atoms with Gasteiger partial charge in [0, 0.05) is 37.3 Å². The lowest BCUT2D eigenvalue weighted by Gasteiger charge is -2.21. The standard InChI is InChI=1S/C21H27N5O2/c1-25(2)21-23-17-11-19(28-4)18(27-3)10-16(17)20(24-21)14-12-22-26(13-14)15-8-6-5-7-9-15/h10-13,15H,5-9H2,1-4H3. The van der Waals surface area contributed by atoms with Gasteiger partial charge in [0.05, 0.1) is 37.7 Å². The summed E-state index contributed by atoms with van der Waals surface area (Å²) in [4.78, 5) is 11.4. The molecule has 4 rings (SSSR count). The molecule has 2 aromatic heterocycles. The molecule has 148 valence electrons. The average Bonchev–Trinajstić information content (AvgIpc) is 3.22. The van der Waals surface area contributed by atoms with Crippen LogP contribution in [0.5, 0.6) is 11.5 Å². The minimum atomic E-state index is 0.485. The number of rotatable bonds is 5. The average molecular weight is 381 g/mol. The lowest BCUT2D eigenvalue weighted by atomic mass is 9.96. The number of ether oxygens (including phenoxy) is 2. The molecule has 0 unspecified atom stereocenters. The third-order valence-corrected chi connectivity index (χ3v) is 5.41. The molecule has 1 aliphatic carbocycles. The largest absolute Gasteiger partial charge is 0.493 e. The Hall–Kier alpha value is -2.83. The summed E-state index contributed by atoms with van der Waals surface area (Å²) >= 11 is 0. The summed E-state index contributed by atoms with van der Waals surface area (Å²) < 4.78 is 13.1. The van der Waals surface area contributed by atoms with Crippen molar-refractivity contribution in [2.24, 2.45) is 0 Å². The Morgan fingerprint density at radius 2 is 1.71 bits per heavy atom. The molecular formula is C21H27N5O2. The van der Waals surface area contributed by atoms with E-state index < -0.39 is 0 Å². The highest BCUT2D eigenvalue weighted by Crippen LogP contribution is 2.37. The van der Waals surface area contributed by atoms with E-state index in [0.717, 1.165) is 22.2 Å². The first-order valence-corrected chi connectivity index (χ1v) is 9.76. The zero-order chi connectivity index (χ0) is 19.7. The SMILES string of the molecule is COc1cc2nc(N(C)C)nc(-c3cnn(C4CCCCC4)c3)c2cc1OC. The number of anilines is 1. The van der Waals surface area contributed by atoms with Crippen LogP contribution in [0.2, 0.25) is 0 Å². The number of benzene rings is 1. The van der Waals surface area contributed by atoms with Gasteiger partial charge in [0.15, 0.2) is 11.5 Å². The summed E-state index contributed by atoms with van der Waals surface area (Å²) in [6.45, 7) is 0. The van der Waals surface area contributed by atoms with Gasteiger partial charge in [-0.25, -0.2) is 9.97 Å². The third-order valence-electron chi connectivity index (χ3n) is 5.41. The van der Waals surface area contributed by atoms with Crippen molar-refractivity contribution >= 4 is 16.9 Å². The van der Waals surface area contributed by atoms with Crippen molar-refractivity contribution in [3.8, 4) is 22.8 Å². The molecule has 0 N–H and O–H groups in total. The molecule has 1 fully saturated rings. The summed E-state index contributed by atoms with van der Waals surface area (Å²) in [5, 5.41) is 5.58. The minimum Gasteiger partial charge on any atom is -0.493 e. The van der Waals surface area contributed by atoms with Gasteiger partial charge in [-0.05, 0) is 18.9 Å². The molecule has 0 amide bonds. The van der Waals surface area contributed by atoms with Gasteiger partial charge in [0.2, 0.25) is 5.95 Å². The minimum absolute atomic E-state index is 0.485. The van der Waals surface area contributed by atoms with Gasteiger partial charge in [0.25, 0.3) is 0 Å². The quantitative estimate of drug-likeness (QED) is 0.663. The molecule has 0 spiro atoms. The number of nitrogens with zero attached hydrogens (tertiary/aromatic N) is 5. The van der Waals surface area contributed by atoms with Crippen LogP contribution in [-0.2, 0) is 0 Å². The smallest absolute Gasteiger partial charge is 0.225 e. The van der Waals surface area contributed by atoms with E-state index in [1.807, 2.05) is 37.3 Å². The third kappa shape index (κ3) is 3.37. The van der Waals surface area contributed by atoms with Crippen LogP contribution in [0.3, 0.4) is 0 Å². The molecule has 0 saturated heterocycles. The predicted octanol–water partition coefficient (Wildman–Crippen LogP) is 4.08. The zero-order valence-electron chi connectivity index (χ0n) is 17.0. The van der Waals surface area contributed by atoms with E-state index in [-0.39, 0.29) is 0 Å². The molecule has 0 atom stereocenters. The molecule has 28 heavy (non-hydrogen) atoms. The van der Waals surface area contributed by atoms with E-state index in [1.165, 1.54) is 32.1 Å². The van der Waals surface area contributed by atoms with Crippen LogP contribution < -0.4 is 14.4 Å². The fourth-order valence-corrected chi connectivity index (χ4v) is 3.87. The van der Waals surface area contributed by atoms with Crippen LogP contribution in [0, 0.1) is 0 Å². The van der Waals surface area contributed by atoms with Crippen molar-refractivity contribution in [1.29, 1.82) is 0 Å². The van der Waals surface area contributed by atoms with E-state index in [1.54, 1.807) is 14.2 Å². The molecule has 0 aliphatic heterocycles. The van der Waals surface area contributed by atoms with Gasteiger partial charge < -0.3 is 14.4 Å². The Bertz CT molecular complexity index is 976. The van der Waals surface area contributed by atoms with Gasteiger partial charge in [0.1, 0.15) is 0 Å². The molecular weight excluding hydrogens is 354 g/mol. The topological polar surface area (TPSA) is 65.3 Å². The maximum atomic E-state index is 5.50. The number of hydrogen-bond donors (Lipinski definition) is 0. The van der Waals surface area contributed by atoms with Crippen molar-refractivity contribution in [1.82, 2.24) is 19.7 Å². The van der Waals surface area contributed by atoms with Crippen LogP contribution in [-0.4, -0.2) is 48.1 Å². The van der Waals surface area contributed by atoms with E-state index >= 15 is 0 Å². The van der Waals surface area contributed by atoms with Crippen molar-refractivity contribution < 1.29 is 9.47 Å². The van der Waals surface area contributed by atoms with Gasteiger partial charge in [-0.15, -0.1) is 0 Å². The first-order valence-electron chi connectivity index (χ1n) is 9.76. The molecule has 0 radical (unpaired) electrons. The summed E-state index contributed by atoms with van der Waals surface area (Å²) in [7, 11) is 7.15. The van der Waals surface area contributed by atoms with E-state index in [2.05, 4.69) is 16.0 Å². The molecule has 7 heteroatoms. The van der Waals surface area contributed by atoms with Crippen LogP contribution in [0.4, 0.5) is 5.95 Å². The highest BCUT2D eigenvalue weighted by molar-refractivity contribution is 5.95. The van der Waals surface area contributed by atoms with E-state index in [9.17, 15) is 0 Å². The normalized spacial score (nSPS) is 15.0. The van der Waals surface area contributed by atoms with Crippen molar-refractivity contribution in [3.63, 3.8) is 0 Å². The van der Waals surface area contributed by atoms with Crippen molar-refractivity contribution in [2.45, 2.75) is 38.1 Å². The molecule has 7 nitrogen and oxygen atoms in total. The van der Waals surface area contributed by atoms with Gasteiger partial charge in [-0.3, -0.25) is 4.68 Å². The highest BCUT2D eigenvalue weighted by atomic mass is 16.5. The maximum absolute atomic E-state index is 5.50. The summed E-state index contributed by atoms with van der Waals surface area (Å²) in [6.07, 6.45) is 10.3. The van der Waals surface area contributed by atoms with Crippen molar-refractivity contribution in [3.05, 3.63) is 24.5 Å². The number of aromatic nitrogens is 4. The second kappa shape index (κ2) is 7.66. The Labute approximate surface area is 165 Å². The summed E-state index contributed by atoms with van der Waals surface area (Å²) in [5.41, 5.74) is 2.67. The molecule has 0 bridgehead atoms. The lowest BCUT2D eigenvalue weighted by Crippen LogP contribution is -2.13. The Morgan fingerprint density at radius 1 is 1.00 bits per heavy atom. The number of methoxy groups -OCH3 is 2. The van der Waals surface area contributed by atoms with Crippen molar-refractivity contribution in [2.75, 3.05) is 33.2 Å². The summed E-state index contributed by atoms with van der Waals surface area (Å²) in [6, 6.07) is 4.33. The predicted molar refractivity (Wildman–Crippen MR) is 110 cm³/mol. The first kappa shape index (κ1) is 18.5. The fourth-order valence-electron chi connectivity index (χ4n) is 3.87. The van der Waals surface area contributed by atoms with E-state index in [4.69, 9.17) is 19.4 Å². The summed E-state index contributed by atoms with van der Waals surface area (Å²) in [5.74, 6) is 1.97. The van der Waals surface area contributed by atoms with Crippen LogP contribution >= 0.6 is 0 Å². The molecule has 1 aromatic carbocycles. The molecule has 1 aliphatic rings. The van der Waals surface area contributed by atoms with Crippen LogP contribution in [0.25, 0.3) is 22.2 Å². The molecule has 3 aromatic rings. The molecule has 2 heterocycles. The number of fused-ring (bicyclic) bond motifs is 1. The monoisotopic (exact) mass is 381 g/mol. The van der Waals surface area contributed by atoms with Gasteiger partial charge >= 0.3 is 0 Å². The van der Waals surface area contributed by atoms with E-state index in [0.29, 0.717) is 23.5 Å². The molecule has 1 saturated carbocycles. The van der Waals surface area contributed by atoms with Gasteiger partial charge in [-0.1, -0.05) is 19.3 Å². The Morgan fingerprint density at radius 3 is 2.39 bits per heavy atom. The Kier molecular flexibility index (Phi) is 5.07. The lowest BCUT2D eigenvalue weighted by molar-refractivity contribution is 0.329. The van der Waals surface area contributed by atoms with Crippen LogP contribution in [0.15, 0.2) is 24.5 Å². The first-order chi connectivity index (χ1) is 13.6. The van der Waals surface area contributed by atoms with Gasteiger partial charge in [-0.2, -0.15) is 5.10 Å². The Balaban J connectivity index is 1.85. The second-order valence-electron chi connectivity index (χ2n) is 7.49. The fraction of sp³-hybridized carbons (Fsp3) is 0.476. The maximum Gasteiger partial charge on any atom is 0.225 e. The zero-order valence-corrected chi connectivity index (χ0v) is 17.0.